The summed E-state index contributed by atoms with van der Waals surface area (Å²) < 4.78 is 0. The van der Waals surface area contributed by atoms with Gasteiger partial charge in [-0.05, 0) is 37.1 Å². The number of nitrogens with one attached hydrogen (secondary N) is 1. The number of hydrogen-bond donors (Lipinski definition) is 1. The van der Waals surface area contributed by atoms with Gasteiger partial charge in [-0.2, -0.15) is 0 Å². The minimum absolute atomic E-state index is 0.0180. The molecule has 2 aromatic rings. The van der Waals surface area contributed by atoms with Crippen LogP contribution < -0.4 is 5.32 Å². The van der Waals surface area contributed by atoms with Gasteiger partial charge in [-0.15, -0.1) is 0 Å². The highest BCUT2D eigenvalue weighted by molar-refractivity contribution is 6.31. The number of rotatable bonds is 4. The third kappa shape index (κ3) is 4.20. The minimum Gasteiger partial charge on any atom is -0.338 e. The van der Waals surface area contributed by atoms with Crippen molar-refractivity contribution in [2.45, 2.75) is 26.8 Å². The zero-order valence-corrected chi connectivity index (χ0v) is 15.1. The smallest absolute Gasteiger partial charge is 0.229 e. The van der Waals surface area contributed by atoms with Gasteiger partial charge in [0.2, 0.25) is 11.8 Å². The van der Waals surface area contributed by atoms with Crippen molar-refractivity contribution in [3.8, 4) is 0 Å². The number of amides is 2. The van der Waals surface area contributed by atoms with Crippen LogP contribution >= 0.6 is 11.6 Å². The molecule has 3 rings (SSSR count). The Bertz CT molecular complexity index is 819. The second-order valence-corrected chi connectivity index (χ2v) is 7.05. The van der Waals surface area contributed by atoms with E-state index in [9.17, 15) is 9.59 Å². The number of carbonyl (C=O) groups is 2. The van der Waals surface area contributed by atoms with Crippen LogP contribution in [0.3, 0.4) is 0 Å². The third-order valence-corrected chi connectivity index (χ3v) is 4.73. The van der Waals surface area contributed by atoms with Crippen molar-refractivity contribution in [1.82, 2.24) is 4.90 Å². The number of anilines is 1. The summed E-state index contributed by atoms with van der Waals surface area (Å²) in [5.74, 6) is -0.453. The molecule has 0 saturated carbocycles. The molecule has 0 bridgehead atoms. The molecular formula is C20H21ClN2O2. The van der Waals surface area contributed by atoms with E-state index in [1.807, 2.05) is 38.1 Å². The van der Waals surface area contributed by atoms with Crippen molar-refractivity contribution in [3.63, 3.8) is 0 Å². The first-order chi connectivity index (χ1) is 11.9. The van der Waals surface area contributed by atoms with Gasteiger partial charge in [0.15, 0.2) is 0 Å². The fraction of sp³-hybridized carbons (Fsp3) is 0.300. The molecule has 1 N–H and O–H groups in total. The van der Waals surface area contributed by atoms with E-state index in [1.54, 1.807) is 17.0 Å². The van der Waals surface area contributed by atoms with E-state index in [0.29, 0.717) is 23.8 Å². The van der Waals surface area contributed by atoms with E-state index in [4.69, 9.17) is 11.6 Å². The van der Waals surface area contributed by atoms with Gasteiger partial charge in [-0.25, -0.2) is 0 Å². The van der Waals surface area contributed by atoms with Crippen LogP contribution in [0.5, 0.6) is 0 Å². The van der Waals surface area contributed by atoms with Crippen LogP contribution in [0.25, 0.3) is 0 Å². The molecular weight excluding hydrogens is 336 g/mol. The van der Waals surface area contributed by atoms with Crippen molar-refractivity contribution in [3.05, 3.63) is 64.2 Å². The normalized spacial score (nSPS) is 17.0. The average molecular weight is 357 g/mol. The zero-order chi connectivity index (χ0) is 18.0. The molecule has 1 saturated heterocycles. The summed E-state index contributed by atoms with van der Waals surface area (Å²) in [6.45, 7) is 4.92. The molecule has 2 amide bonds. The lowest BCUT2D eigenvalue weighted by atomic mass is 10.1. The van der Waals surface area contributed by atoms with E-state index in [2.05, 4.69) is 11.4 Å². The van der Waals surface area contributed by atoms with E-state index in [1.165, 1.54) is 0 Å². The van der Waals surface area contributed by atoms with Gasteiger partial charge in [0, 0.05) is 30.2 Å². The molecule has 130 valence electrons. The Morgan fingerprint density at radius 2 is 2.04 bits per heavy atom. The largest absolute Gasteiger partial charge is 0.338 e. The molecule has 1 unspecified atom stereocenters. The summed E-state index contributed by atoms with van der Waals surface area (Å²) in [7, 11) is 0. The Balaban J connectivity index is 1.65. The fourth-order valence-corrected chi connectivity index (χ4v) is 3.27. The van der Waals surface area contributed by atoms with Gasteiger partial charge in [0.05, 0.1) is 5.92 Å². The predicted octanol–water partition coefficient (Wildman–Crippen LogP) is 3.94. The van der Waals surface area contributed by atoms with Gasteiger partial charge < -0.3 is 10.2 Å². The minimum atomic E-state index is -0.337. The van der Waals surface area contributed by atoms with Gasteiger partial charge in [-0.1, -0.05) is 47.5 Å². The van der Waals surface area contributed by atoms with E-state index in [0.717, 1.165) is 16.7 Å². The first kappa shape index (κ1) is 17.5. The molecule has 1 atom stereocenters. The lowest BCUT2D eigenvalue weighted by molar-refractivity contribution is -0.128. The molecule has 0 spiro atoms. The lowest BCUT2D eigenvalue weighted by Crippen LogP contribution is -2.28. The summed E-state index contributed by atoms with van der Waals surface area (Å²) in [6, 6.07) is 13.5. The number of nitrogens with zero attached hydrogens (tertiary/aromatic N) is 1. The highest BCUT2D eigenvalue weighted by Gasteiger charge is 2.34. The fourth-order valence-electron chi connectivity index (χ4n) is 3.10. The Morgan fingerprint density at radius 3 is 2.80 bits per heavy atom. The number of halogens is 1. The molecule has 5 heteroatoms. The van der Waals surface area contributed by atoms with Crippen LogP contribution in [-0.2, 0) is 16.1 Å². The average Bonchev–Trinajstić information content (AvgIpc) is 2.92. The molecule has 1 aliphatic rings. The topological polar surface area (TPSA) is 49.4 Å². The molecule has 1 fully saturated rings. The van der Waals surface area contributed by atoms with Crippen LogP contribution in [0.2, 0.25) is 5.02 Å². The first-order valence-electron chi connectivity index (χ1n) is 8.32. The number of benzene rings is 2. The second kappa shape index (κ2) is 7.28. The highest BCUT2D eigenvalue weighted by Crippen LogP contribution is 2.25. The zero-order valence-electron chi connectivity index (χ0n) is 14.4. The molecule has 4 nitrogen and oxygen atoms in total. The third-order valence-electron chi connectivity index (χ3n) is 4.50. The lowest BCUT2D eigenvalue weighted by Gasteiger charge is -2.17. The maximum absolute atomic E-state index is 12.5. The SMILES string of the molecule is Cc1cccc(CN2CC(C(=O)Nc3cc(Cl)ccc3C)CC2=O)c1. The van der Waals surface area contributed by atoms with Gasteiger partial charge in [0.25, 0.3) is 0 Å². The maximum Gasteiger partial charge on any atom is 0.229 e. The monoisotopic (exact) mass is 356 g/mol. The van der Waals surface area contributed by atoms with Crippen molar-refractivity contribution >= 4 is 29.1 Å². The number of likely N-dealkylation sites (tertiary alicyclic amines) is 1. The summed E-state index contributed by atoms with van der Waals surface area (Å²) in [5, 5.41) is 3.48. The van der Waals surface area contributed by atoms with Crippen molar-refractivity contribution in [2.24, 2.45) is 5.92 Å². The molecule has 25 heavy (non-hydrogen) atoms. The first-order valence-corrected chi connectivity index (χ1v) is 8.70. The quantitative estimate of drug-likeness (QED) is 0.901. The molecule has 2 aromatic carbocycles. The summed E-state index contributed by atoms with van der Waals surface area (Å²) >= 11 is 6.00. The molecule has 0 aromatic heterocycles. The van der Waals surface area contributed by atoms with Crippen LogP contribution in [0.15, 0.2) is 42.5 Å². The van der Waals surface area contributed by atoms with Crippen LogP contribution in [-0.4, -0.2) is 23.3 Å². The Labute approximate surface area is 152 Å². The summed E-state index contributed by atoms with van der Waals surface area (Å²) in [6.07, 6.45) is 0.247. The van der Waals surface area contributed by atoms with Crippen molar-refractivity contribution in [2.75, 3.05) is 11.9 Å². The van der Waals surface area contributed by atoms with Gasteiger partial charge in [0.1, 0.15) is 0 Å². The molecule has 0 aliphatic carbocycles. The Morgan fingerprint density at radius 1 is 1.24 bits per heavy atom. The van der Waals surface area contributed by atoms with Crippen LogP contribution in [0.4, 0.5) is 5.69 Å². The van der Waals surface area contributed by atoms with Gasteiger partial charge >= 0.3 is 0 Å². The van der Waals surface area contributed by atoms with Crippen molar-refractivity contribution in [1.29, 1.82) is 0 Å². The predicted molar refractivity (Wildman–Crippen MR) is 99.5 cm³/mol. The summed E-state index contributed by atoms with van der Waals surface area (Å²) in [5.41, 5.74) is 3.88. The molecule has 0 radical (unpaired) electrons. The Kier molecular flexibility index (Phi) is 5.09. The maximum atomic E-state index is 12.5. The Hall–Kier alpha value is -2.33. The second-order valence-electron chi connectivity index (χ2n) is 6.61. The van der Waals surface area contributed by atoms with Crippen LogP contribution in [0.1, 0.15) is 23.1 Å². The van der Waals surface area contributed by atoms with Crippen LogP contribution in [0, 0.1) is 19.8 Å². The summed E-state index contributed by atoms with van der Waals surface area (Å²) in [4.78, 5) is 26.6. The number of hydrogen-bond acceptors (Lipinski definition) is 2. The van der Waals surface area contributed by atoms with E-state index >= 15 is 0 Å². The van der Waals surface area contributed by atoms with E-state index < -0.39 is 0 Å². The van der Waals surface area contributed by atoms with Gasteiger partial charge in [-0.3, -0.25) is 9.59 Å². The molecule has 1 heterocycles. The van der Waals surface area contributed by atoms with E-state index in [-0.39, 0.29) is 24.2 Å². The highest BCUT2D eigenvalue weighted by atomic mass is 35.5. The number of aryl methyl sites for hydroxylation is 2. The number of carbonyl (C=O) groups excluding carboxylic acids is 2. The standard InChI is InChI=1S/C20H21ClN2O2/c1-13-4-3-5-15(8-13)11-23-12-16(9-19(23)24)20(25)22-18-10-17(21)7-6-14(18)2/h3-8,10,16H,9,11-12H2,1-2H3,(H,22,25). The molecule has 1 aliphatic heterocycles. The van der Waals surface area contributed by atoms with Crippen molar-refractivity contribution < 1.29 is 9.59 Å².